The summed E-state index contributed by atoms with van der Waals surface area (Å²) in [5, 5.41) is 0. The van der Waals surface area contributed by atoms with Gasteiger partial charge in [0.05, 0.1) is 32.6 Å². The van der Waals surface area contributed by atoms with Crippen molar-refractivity contribution in [2.24, 2.45) is 5.41 Å². The predicted octanol–water partition coefficient (Wildman–Crippen LogP) is 1.64. The first-order valence-electron chi connectivity index (χ1n) is 4.44. The highest BCUT2D eigenvalue weighted by Gasteiger charge is 2.52. The third kappa shape index (κ3) is 0.878. The van der Waals surface area contributed by atoms with Crippen molar-refractivity contribution in [3.8, 4) is 0 Å². The molecule has 1 aliphatic heterocycles. The van der Waals surface area contributed by atoms with Crippen LogP contribution in [-0.4, -0.2) is 31.7 Å². The summed E-state index contributed by atoms with van der Waals surface area (Å²) >= 11 is 0. The Morgan fingerprint density at radius 2 is 1.50 bits per heavy atom. The van der Waals surface area contributed by atoms with E-state index in [0.29, 0.717) is 0 Å². The minimum atomic E-state index is 0.823. The lowest BCUT2D eigenvalue weighted by molar-refractivity contribution is -0.950. The van der Waals surface area contributed by atoms with Gasteiger partial charge in [-0.25, -0.2) is 0 Å². The summed E-state index contributed by atoms with van der Waals surface area (Å²) in [6.45, 7) is 2.90. The zero-order chi connectivity index (χ0) is 7.24. The topological polar surface area (TPSA) is 0 Å². The Labute approximate surface area is 63.6 Å². The largest absolute Gasteiger partial charge is 0.327 e. The third-order valence-electron chi connectivity index (χ3n) is 3.19. The van der Waals surface area contributed by atoms with E-state index in [2.05, 4.69) is 14.1 Å². The Hall–Kier alpha value is -0.0400. The van der Waals surface area contributed by atoms with Crippen LogP contribution in [0.4, 0.5) is 0 Å². The van der Waals surface area contributed by atoms with Crippen molar-refractivity contribution in [3.63, 3.8) is 0 Å². The average molecular weight is 140 g/mol. The molecule has 1 nitrogen and oxygen atoms in total. The van der Waals surface area contributed by atoms with Crippen LogP contribution < -0.4 is 0 Å². The van der Waals surface area contributed by atoms with Crippen LogP contribution in [0, 0.1) is 5.41 Å². The summed E-state index contributed by atoms with van der Waals surface area (Å²) in [7, 11) is 4.70. The molecule has 2 aliphatic rings. The molecule has 1 heteroatoms. The van der Waals surface area contributed by atoms with Crippen molar-refractivity contribution in [2.75, 3.05) is 27.2 Å². The second kappa shape index (κ2) is 1.76. The number of quaternary nitrogens is 1. The number of likely N-dealkylation sites (tertiary alicyclic amines) is 1. The fraction of sp³-hybridized carbons (Fsp3) is 1.00. The minimum absolute atomic E-state index is 0.823. The van der Waals surface area contributed by atoms with Crippen LogP contribution in [0.25, 0.3) is 0 Å². The minimum Gasteiger partial charge on any atom is -0.327 e. The standard InChI is InChI=1S/C9H18N/c1-10(2)7-9(8-10)5-3-4-6-9/h3-8H2,1-2H3/q+1. The van der Waals surface area contributed by atoms with Crippen molar-refractivity contribution in [1.82, 2.24) is 0 Å². The van der Waals surface area contributed by atoms with Crippen molar-refractivity contribution < 1.29 is 4.48 Å². The molecule has 1 spiro atoms. The molecule has 1 saturated heterocycles. The number of nitrogens with zero attached hydrogens (tertiary/aromatic N) is 1. The average Bonchev–Trinajstić information content (AvgIpc) is 2.10. The van der Waals surface area contributed by atoms with E-state index in [0.717, 1.165) is 5.41 Å². The van der Waals surface area contributed by atoms with Crippen LogP contribution in [0.15, 0.2) is 0 Å². The van der Waals surface area contributed by atoms with Gasteiger partial charge in [0.2, 0.25) is 0 Å². The molecular formula is C9H18N+. The fourth-order valence-electron chi connectivity index (χ4n) is 3.21. The Kier molecular flexibility index (Phi) is 1.17. The van der Waals surface area contributed by atoms with Gasteiger partial charge in [0.25, 0.3) is 0 Å². The molecule has 58 valence electrons. The zero-order valence-corrected chi connectivity index (χ0v) is 7.19. The van der Waals surface area contributed by atoms with Gasteiger partial charge in [-0.1, -0.05) is 12.8 Å². The van der Waals surface area contributed by atoms with E-state index in [4.69, 9.17) is 0 Å². The summed E-state index contributed by atoms with van der Waals surface area (Å²) in [5.41, 5.74) is 0.823. The molecule has 0 bridgehead atoms. The van der Waals surface area contributed by atoms with Gasteiger partial charge >= 0.3 is 0 Å². The molecular weight excluding hydrogens is 122 g/mol. The maximum atomic E-state index is 2.35. The molecule has 1 aliphatic carbocycles. The predicted molar refractivity (Wildman–Crippen MR) is 42.7 cm³/mol. The molecule has 2 fully saturated rings. The van der Waals surface area contributed by atoms with Gasteiger partial charge in [0, 0.05) is 0 Å². The van der Waals surface area contributed by atoms with E-state index in [1.807, 2.05) is 0 Å². The summed E-state index contributed by atoms with van der Waals surface area (Å²) in [5.74, 6) is 0. The van der Waals surface area contributed by atoms with Crippen LogP contribution in [0.1, 0.15) is 25.7 Å². The van der Waals surface area contributed by atoms with E-state index >= 15 is 0 Å². The second-order valence-electron chi connectivity index (χ2n) is 4.96. The van der Waals surface area contributed by atoms with Crippen LogP contribution in [0.3, 0.4) is 0 Å². The first-order valence-corrected chi connectivity index (χ1v) is 4.44. The lowest BCUT2D eigenvalue weighted by atomic mass is 9.77. The first kappa shape index (κ1) is 6.66. The molecule has 1 heterocycles. The Morgan fingerprint density at radius 3 is 1.90 bits per heavy atom. The van der Waals surface area contributed by atoms with Crippen LogP contribution >= 0.6 is 0 Å². The van der Waals surface area contributed by atoms with E-state index < -0.39 is 0 Å². The SMILES string of the molecule is C[N+]1(C)CC2(CCCC2)C1. The molecule has 2 rings (SSSR count). The maximum absolute atomic E-state index is 2.35. The molecule has 0 aromatic rings. The molecule has 1 saturated carbocycles. The van der Waals surface area contributed by atoms with Gasteiger partial charge in [-0.2, -0.15) is 0 Å². The van der Waals surface area contributed by atoms with Crippen molar-refractivity contribution in [2.45, 2.75) is 25.7 Å². The van der Waals surface area contributed by atoms with Gasteiger partial charge in [-0.15, -0.1) is 0 Å². The molecule has 0 aromatic carbocycles. The summed E-state index contributed by atoms with van der Waals surface area (Å²) in [6, 6.07) is 0. The van der Waals surface area contributed by atoms with Gasteiger partial charge in [-0.05, 0) is 12.8 Å². The third-order valence-corrected chi connectivity index (χ3v) is 3.19. The van der Waals surface area contributed by atoms with Crippen molar-refractivity contribution >= 4 is 0 Å². The van der Waals surface area contributed by atoms with Gasteiger partial charge in [0.1, 0.15) is 0 Å². The molecule has 0 unspecified atom stereocenters. The number of hydrogen-bond acceptors (Lipinski definition) is 0. The van der Waals surface area contributed by atoms with E-state index in [1.54, 1.807) is 0 Å². The Morgan fingerprint density at radius 1 is 1.00 bits per heavy atom. The van der Waals surface area contributed by atoms with Crippen LogP contribution in [0.2, 0.25) is 0 Å². The van der Waals surface area contributed by atoms with Crippen LogP contribution in [0.5, 0.6) is 0 Å². The molecule has 0 radical (unpaired) electrons. The zero-order valence-electron chi connectivity index (χ0n) is 7.19. The molecule has 0 aromatic heterocycles. The Balaban J connectivity index is 1.98. The molecule has 0 atom stereocenters. The van der Waals surface area contributed by atoms with Crippen molar-refractivity contribution in [3.05, 3.63) is 0 Å². The normalized spacial score (nSPS) is 34.2. The lowest BCUT2D eigenvalue weighted by Crippen LogP contribution is -2.64. The van der Waals surface area contributed by atoms with Crippen LogP contribution in [-0.2, 0) is 0 Å². The van der Waals surface area contributed by atoms with E-state index in [9.17, 15) is 0 Å². The highest BCUT2D eigenvalue weighted by atomic mass is 15.4. The molecule has 0 amide bonds. The van der Waals surface area contributed by atoms with Crippen molar-refractivity contribution in [1.29, 1.82) is 0 Å². The van der Waals surface area contributed by atoms with Gasteiger partial charge < -0.3 is 4.48 Å². The number of rotatable bonds is 0. The molecule has 10 heavy (non-hydrogen) atoms. The highest BCUT2D eigenvalue weighted by Crippen LogP contribution is 2.47. The van der Waals surface area contributed by atoms with Gasteiger partial charge in [-0.3, -0.25) is 0 Å². The highest BCUT2D eigenvalue weighted by molar-refractivity contribution is 4.89. The smallest absolute Gasteiger partial charge is 0.0894 e. The monoisotopic (exact) mass is 140 g/mol. The first-order chi connectivity index (χ1) is 4.62. The lowest BCUT2D eigenvalue weighted by Gasteiger charge is -2.52. The second-order valence-corrected chi connectivity index (χ2v) is 4.96. The number of hydrogen-bond donors (Lipinski definition) is 0. The van der Waals surface area contributed by atoms with E-state index in [-0.39, 0.29) is 0 Å². The fourth-order valence-corrected chi connectivity index (χ4v) is 3.21. The maximum Gasteiger partial charge on any atom is 0.0894 e. The summed E-state index contributed by atoms with van der Waals surface area (Å²) in [6.07, 6.45) is 6.04. The van der Waals surface area contributed by atoms with E-state index in [1.165, 1.54) is 43.3 Å². The summed E-state index contributed by atoms with van der Waals surface area (Å²) in [4.78, 5) is 0. The summed E-state index contributed by atoms with van der Waals surface area (Å²) < 4.78 is 1.28. The quantitative estimate of drug-likeness (QED) is 0.449. The van der Waals surface area contributed by atoms with Gasteiger partial charge in [0.15, 0.2) is 0 Å². The Bertz CT molecular complexity index is 133. The molecule has 0 N–H and O–H groups in total.